The first-order valence-electron chi connectivity index (χ1n) is 3.52. The Morgan fingerprint density at radius 2 is 1.80 bits per heavy atom. The van der Waals surface area contributed by atoms with Crippen molar-refractivity contribution in [1.82, 2.24) is 0 Å². The van der Waals surface area contributed by atoms with E-state index < -0.39 is 0 Å². The second-order valence-corrected chi connectivity index (χ2v) is 9.92. The van der Waals surface area contributed by atoms with Crippen molar-refractivity contribution in [3.63, 3.8) is 0 Å². The fourth-order valence-corrected chi connectivity index (χ4v) is 1.30. The van der Waals surface area contributed by atoms with E-state index in [0.717, 1.165) is 12.3 Å². The summed E-state index contributed by atoms with van der Waals surface area (Å²) in [6, 6.07) is 0. The Hall–Kier alpha value is 1.44. The van der Waals surface area contributed by atoms with Gasteiger partial charge in [-0.05, 0) is 18.8 Å². The van der Waals surface area contributed by atoms with Gasteiger partial charge in [-0.1, -0.05) is 68.1 Å². The van der Waals surface area contributed by atoms with E-state index in [9.17, 15) is 0 Å². The number of alkyl halides is 3. The number of rotatable bonds is 3. The highest BCUT2D eigenvalue weighted by Crippen LogP contribution is 2.39. The summed E-state index contributed by atoms with van der Waals surface area (Å²) < 4.78 is -0.0313. The lowest BCUT2D eigenvalue weighted by molar-refractivity contribution is 0.506. The summed E-state index contributed by atoms with van der Waals surface area (Å²) in [5.41, 5.74) is 0. The molecule has 10 heavy (non-hydrogen) atoms. The van der Waals surface area contributed by atoms with Gasteiger partial charge in [-0.3, -0.25) is 0 Å². The zero-order valence-corrected chi connectivity index (χ0v) is 11.1. The average Bonchev–Trinajstić information content (AvgIpc) is 1.81. The quantitative estimate of drug-likeness (QED) is 0.658. The second-order valence-electron chi connectivity index (χ2n) is 2.67. The van der Waals surface area contributed by atoms with Crippen LogP contribution in [0.2, 0.25) is 0 Å². The van der Waals surface area contributed by atoms with E-state index in [0.29, 0.717) is 0 Å². The molecule has 62 valence electrons. The van der Waals surface area contributed by atoms with Gasteiger partial charge in [0.05, 0.1) is 0 Å². The lowest BCUT2D eigenvalue weighted by Gasteiger charge is -2.14. The van der Waals surface area contributed by atoms with E-state index in [1.54, 1.807) is 0 Å². The number of hydrogen-bond acceptors (Lipinski definition) is 0. The van der Waals surface area contributed by atoms with Crippen molar-refractivity contribution >= 4 is 47.8 Å². The van der Waals surface area contributed by atoms with Crippen molar-refractivity contribution < 1.29 is 0 Å². The summed E-state index contributed by atoms with van der Waals surface area (Å²) in [5, 5.41) is 0. The third-order valence-corrected chi connectivity index (χ3v) is 2.81. The molecule has 0 fully saturated rings. The summed E-state index contributed by atoms with van der Waals surface area (Å²) in [6.45, 7) is 4.50. The third kappa shape index (κ3) is 7.55. The molecule has 0 aliphatic rings. The molecule has 0 aromatic carbocycles. The van der Waals surface area contributed by atoms with Gasteiger partial charge in [0.15, 0.2) is 0 Å². The van der Waals surface area contributed by atoms with Crippen molar-refractivity contribution in [2.24, 2.45) is 5.92 Å². The lowest BCUT2D eigenvalue weighted by atomic mass is 10.0. The van der Waals surface area contributed by atoms with E-state index >= 15 is 0 Å². The van der Waals surface area contributed by atoms with Crippen LogP contribution in [0.5, 0.6) is 0 Å². The molecule has 0 N–H and O–H groups in total. The minimum absolute atomic E-state index is 0.0313. The van der Waals surface area contributed by atoms with Gasteiger partial charge >= 0.3 is 0 Å². The van der Waals surface area contributed by atoms with Crippen LogP contribution in [0.4, 0.5) is 0 Å². The van der Waals surface area contributed by atoms with Crippen LogP contribution >= 0.6 is 47.8 Å². The van der Waals surface area contributed by atoms with Crippen LogP contribution in [-0.2, 0) is 0 Å². The molecule has 0 amide bonds. The first-order valence-corrected chi connectivity index (χ1v) is 5.90. The van der Waals surface area contributed by atoms with E-state index in [2.05, 4.69) is 61.6 Å². The van der Waals surface area contributed by atoms with Crippen LogP contribution in [0.15, 0.2) is 0 Å². The first kappa shape index (κ1) is 11.4. The Kier molecular flexibility index (Phi) is 5.89. The molecule has 3 heteroatoms. The maximum absolute atomic E-state index is 3.47. The average molecular weight is 337 g/mol. The van der Waals surface area contributed by atoms with Crippen molar-refractivity contribution in [3.05, 3.63) is 0 Å². The molecule has 0 aliphatic heterocycles. The van der Waals surface area contributed by atoms with Crippen LogP contribution in [-0.4, -0.2) is 2.14 Å². The summed E-state index contributed by atoms with van der Waals surface area (Å²) >= 11 is 10.4. The van der Waals surface area contributed by atoms with Gasteiger partial charge in [-0.25, -0.2) is 0 Å². The largest absolute Gasteiger partial charge is 0.135 e. The van der Waals surface area contributed by atoms with Crippen LogP contribution in [0.3, 0.4) is 0 Å². The third-order valence-electron chi connectivity index (χ3n) is 1.62. The highest BCUT2D eigenvalue weighted by Gasteiger charge is 2.17. The fourth-order valence-electron chi connectivity index (χ4n) is 0.614. The number of hydrogen-bond donors (Lipinski definition) is 0. The zero-order chi connectivity index (χ0) is 8.20. The second kappa shape index (κ2) is 5.15. The molecule has 0 aromatic heterocycles. The molecule has 0 aromatic rings. The smallest absolute Gasteiger partial charge is 0.0651 e. The topological polar surface area (TPSA) is 0 Å². The highest BCUT2D eigenvalue weighted by molar-refractivity contribution is 9.39. The lowest BCUT2D eigenvalue weighted by Crippen LogP contribution is -2.02. The van der Waals surface area contributed by atoms with Gasteiger partial charge in [0.25, 0.3) is 0 Å². The fraction of sp³-hybridized carbons (Fsp3) is 1.00. The van der Waals surface area contributed by atoms with Gasteiger partial charge in [0, 0.05) is 0 Å². The van der Waals surface area contributed by atoms with Gasteiger partial charge in [-0.15, -0.1) is 0 Å². The highest BCUT2D eigenvalue weighted by atomic mass is 80.0. The molecule has 0 heterocycles. The van der Waals surface area contributed by atoms with Gasteiger partial charge in [0.1, 0.15) is 2.14 Å². The molecule has 0 nitrogen and oxygen atoms in total. The minimum Gasteiger partial charge on any atom is -0.0651 e. The molecule has 0 aliphatic carbocycles. The monoisotopic (exact) mass is 334 g/mol. The molecular weight excluding hydrogens is 324 g/mol. The molecular formula is C7H13Br3. The predicted octanol–water partition coefficient (Wildman–Crippen LogP) is 4.65. The van der Waals surface area contributed by atoms with E-state index in [-0.39, 0.29) is 2.14 Å². The molecule has 0 saturated heterocycles. The first-order chi connectivity index (χ1) is 4.45. The Labute approximate surface area is 88.5 Å². The minimum atomic E-state index is -0.0313. The van der Waals surface area contributed by atoms with Crippen LogP contribution < -0.4 is 0 Å². The Bertz CT molecular complexity index is 85.3. The van der Waals surface area contributed by atoms with Crippen molar-refractivity contribution in [2.75, 3.05) is 0 Å². The Morgan fingerprint density at radius 1 is 1.30 bits per heavy atom. The molecule has 0 bridgehead atoms. The molecule has 0 rings (SSSR count). The summed E-state index contributed by atoms with van der Waals surface area (Å²) in [6.07, 6.45) is 3.63. The van der Waals surface area contributed by atoms with Crippen molar-refractivity contribution in [2.45, 2.75) is 35.3 Å². The van der Waals surface area contributed by atoms with Crippen molar-refractivity contribution in [3.8, 4) is 0 Å². The molecule has 0 spiro atoms. The summed E-state index contributed by atoms with van der Waals surface area (Å²) in [4.78, 5) is 0. The van der Waals surface area contributed by atoms with Crippen LogP contribution in [0.25, 0.3) is 0 Å². The molecule has 0 saturated carbocycles. The Balaban J connectivity index is 3.36. The maximum atomic E-state index is 3.47. The van der Waals surface area contributed by atoms with Gasteiger partial charge in [0.2, 0.25) is 0 Å². The predicted molar refractivity (Wildman–Crippen MR) is 58.2 cm³/mol. The maximum Gasteiger partial charge on any atom is 0.135 e. The van der Waals surface area contributed by atoms with Gasteiger partial charge in [-0.2, -0.15) is 0 Å². The van der Waals surface area contributed by atoms with E-state index in [1.165, 1.54) is 12.8 Å². The standard InChI is InChI=1S/C7H13Br3/c1-3-6(2)4-5-7(8,9)10/h6H,3-5H2,1-2H3. The molecule has 1 atom stereocenters. The summed E-state index contributed by atoms with van der Waals surface area (Å²) in [5.74, 6) is 0.826. The molecule has 1 unspecified atom stereocenters. The van der Waals surface area contributed by atoms with E-state index in [4.69, 9.17) is 0 Å². The Morgan fingerprint density at radius 3 is 2.10 bits per heavy atom. The molecule has 0 radical (unpaired) electrons. The zero-order valence-electron chi connectivity index (χ0n) is 6.33. The van der Waals surface area contributed by atoms with Crippen LogP contribution in [0.1, 0.15) is 33.1 Å². The SMILES string of the molecule is CCC(C)CCC(Br)(Br)Br. The number of halogens is 3. The normalized spacial score (nSPS) is 15.3. The van der Waals surface area contributed by atoms with Crippen LogP contribution in [0, 0.1) is 5.92 Å². The van der Waals surface area contributed by atoms with Crippen molar-refractivity contribution in [1.29, 1.82) is 0 Å². The van der Waals surface area contributed by atoms with E-state index in [1.807, 2.05) is 0 Å². The van der Waals surface area contributed by atoms with Gasteiger partial charge < -0.3 is 0 Å². The summed E-state index contributed by atoms with van der Waals surface area (Å²) in [7, 11) is 0.